The van der Waals surface area contributed by atoms with Crippen molar-refractivity contribution in [3.8, 4) is 11.5 Å². The fourth-order valence-corrected chi connectivity index (χ4v) is 7.26. The van der Waals surface area contributed by atoms with E-state index in [2.05, 4.69) is 21.3 Å². The van der Waals surface area contributed by atoms with Gasteiger partial charge in [0.1, 0.15) is 0 Å². The van der Waals surface area contributed by atoms with Gasteiger partial charge in [0.15, 0.2) is 23.9 Å². The van der Waals surface area contributed by atoms with E-state index in [9.17, 15) is 9.59 Å². The largest absolute Gasteiger partial charge is 0.471 e. The van der Waals surface area contributed by atoms with Gasteiger partial charge >= 0.3 is 4.33 Å². The van der Waals surface area contributed by atoms with Crippen LogP contribution in [-0.2, 0) is 13.9 Å². The summed E-state index contributed by atoms with van der Waals surface area (Å²) in [4.78, 5) is 24.4. The third-order valence-electron chi connectivity index (χ3n) is 5.21. The average Bonchev–Trinajstić information content (AvgIpc) is 3.26. The molecule has 0 saturated carbocycles. The van der Waals surface area contributed by atoms with Gasteiger partial charge in [-0.3, -0.25) is 9.59 Å². The molecule has 0 amide bonds. The lowest BCUT2D eigenvalue weighted by atomic mass is 10.1. The summed E-state index contributed by atoms with van der Waals surface area (Å²) in [6.45, 7) is 0.873. The topological polar surface area (TPSA) is 60.4 Å². The molecule has 1 spiro atoms. The maximum Gasteiger partial charge on any atom is 0.471 e. The first kappa shape index (κ1) is 16.8. The summed E-state index contributed by atoms with van der Waals surface area (Å²) >= 11 is 3.51. The van der Waals surface area contributed by atoms with Gasteiger partial charge in [-0.2, -0.15) is 0 Å². The van der Waals surface area contributed by atoms with E-state index in [4.69, 9.17) is 9.47 Å². The number of carbonyl (C=O) groups is 2. The Labute approximate surface area is 173 Å². The lowest BCUT2D eigenvalue weighted by molar-refractivity contribution is -0.895. The van der Waals surface area contributed by atoms with Crippen LogP contribution in [0.3, 0.4) is 0 Å². The third kappa shape index (κ3) is 2.10. The fraction of sp³-hybridized carbons (Fsp3) is 0.0476. The number of fused-ring (bicyclic) bond motifs is 3. The summed E-state index contributed by atoms with van der Waals surface area (Å²) in [5.41, 5.74) is 1.84. The molecule has 0 atom stereocenters. The molecule has 4 heterocycles. The van der Waals surface area contributed by atoms with Gasteiger partial charge in [0.25, 0.3) is 24.0 Å². The number of hydrogen-bond acceptors (Lipinski definition) is 6. The molecule has 140 valence electrons. The van der Waals surface area contributed by atoms with Gasteiger partial charge in [-0.1, -0.05) is 12.1 Å². The number of ether oxygens (including phenoxy) is 2. The Morgan fingerprint density at radius 3 is 1.66 bits per heavy atom. The van der Waals surface area contributed by atoms with Crippen molar-refractivity contribution in [3.63, 3.8) is 0 Å². The summed E-state index contributed by atoms with van der Waals surface area (Å²) in [6, 6.07) is 15.7. The van der Waals surface area contributed by atoms with Crippen LogP contribution in [0, 0.1) is 0 Å². The van der Waals surface area contributed by atoms with Gasteiger partial charge in [0.05, 0.1) is 10.8 Å². The van der Waals surface area contributed by atoms with Crippen molar-refractivity contribution >= 4 is 58.3 Å². The summed E-state index contributed by atoms with van der Waals surface area (Å²) in [6.07, 6.45) is 3.89. The fourth-order valence-electron chi connectivity index (χ4n) is 4.10. The Hall–Kier alpha value is -3.10. The van der Waals surface area contributed by atoms with E-state index in [-0.39, 0.29) is 0 Å². The molecule has 0 fully saturated rings. The van der Waals surface area contributed by atoms with Crippen molar-refractivity contribution in [2.45, 2.75) is 14.1 Å². The monoisotopic (exact) mass is 420 g/mol. The third-order valence-corrected chi connectivity index (χ3v) is 8.31. The molecule has 0 radical (unpaired) electrons. The zero-order valence-corrected chi connectivity index (χ0v) is 16.4. The summed E-state index contributed by atoms with van der Waals surface area (Å²) in [7, 11) is 0. The zero-order valence-electron chi connectivity index (χ0n) is 14.8. The molecule has 0 aliphatic carbocycles. The van der Waals surface area contributed by atoms with Gasteiger partial charge in [0.2, 0.25) is 0 Å². The Bertz CT molecular complexity index is 1270. The second-order valence-electron chi connectivity index (χ2n) is 6.59. The van der Waals surface area contributed by atoms with Gasteiger partial charge in [-0.25, -0.2) is 0 Å². The lowest BCUT2D eigenvalue weighted by Crippen LogP contribution is -2.64. The van der Waals surface area contributed by atoms with Crippen LogP contribution in [0.25, 0.3) is 21.8 Å². The molecular formula is C21H12N2O4S2+2. The number of thioether (sulfide) groups is 2. The highest BCUT2D eigenvalue weighted by Crippen LogP contribution is 2.56. The van der Waals surface area contributed by atoms with Crippen LogP contribution >= 0.6 is 23.5 Å². The minimum absolute atomic E-state index is 0.436. The SMILES string of the molecule is O=COc1cc[n+]2c3c1ccc1c(OC=O)cc[n+](c13)C21Sc2ccccc2S1. The zero-order chi connectivity index (χ0) is 19.6. The van der Waals surface area contributed by atoms with Crippen molar-refractivity contribution in [3.05, 3.63) is 60.9 Å². The molecule has 6 nitrogen and oxygen atoms in total. The molecule has 29 heavy (non-hydrogen) atoms. The number of aromatic nitrogens is 2. The molecule has 0 saturated heterocycles. The molecule has 2 aliphatic heterocycles. The molecular weight excluding hydrogens is 408 g/mol. The maximum atomic E-state index is 11.0. The second-order valence-corrected chi connectivity index (χ2v) is 9.27. The number of hydrogen-bond donors (Lipinski definition) is 0. The predicted molar refractivity (Wildman–Crippen MR) is 107 cm³/mol. The molecule has 0 unspecified atom stereocenters. The van der Waals surface area contributed by atoms with Crippen LogP contribution in [0.4, 0.5) is 0 Å². The van der Waals surface area contributed by atoms with Crippen molar-refractivity contribution in [2.24, 2.45) is 0 Å². The summed E-state index contributed by atoms with van der Waals surface area (Å²) in [5.74, 6) is 0.980. The van der Waals surface area contributed by atoms with Crippen LogP contribution < -0.4 is 18.6 Å². The number of benzene rings is 2. The quantitative estimate of drug-likeness (QED) is 0.287. The molecule has 0 N–H and O–H groups in total. The molecule has 2 aromatic carbocycles. The van der Waals surface area contributed by atoms with Crippen LogP contribution in [-0.4, -0.2) is 12.9 Å². The Balaban J connectivity index is 1.73. The summed E-state index contributed by atoms with van der Waals surface area (Å²) < 4.78 is 14.4. The van der Waals surface area contributed by atoms with E-state index in [0.717, 1.165) is 21.8 Å². The molecule has 6 rings (SSSR count). The van der Waals surface area contributed by atoms with Crippen molar-refractivity contribution < 1.29 is 28.2 Å². The minimum Gasteiger partial charge on any atom is -0.428 e. The number of rotatable bonds is 4. The maximum absolute atomic E-state index is 11.0. The Morgan fingerprint density at radius 1 is 0.724 bits per heavy atom. The van der Waals surface area contributed by atoms with E-state index in [0.29, 0.717) is 24.4 Å². The molecule has 8 heteroatoms. The molecule has 2 aromatic heterocycles. The van der Waals surface area contributed by atoms with E-state index in [1.165, 1.54) is 9.79 Å². The van der Waals surface area contributed by atoms with E-state index in [1.54, 1.807) is 23.5 Å². The highest BCUT2D eigenvalue weighted by Gasteiger charge is 2.64. The molecule has 2 aliphatic rings. The first-order chi connectivity index (χ1) is 14.3. The van der Waals surface area contributed by atoms with Crippen LogP contribution in [0.1, 0.15) is 0 Å². The number of carbonyl (C=O) groups excluding carboxylic acids is 2. The van der Waals surface area contributed by atoms with Crippen LogP contribution in [0.2, 0.25) is 0 Å². The highest BCUT2D eigenvalue weighted by molar-refractivity contribution is 8.19. The first-order valence-electron chi connectivity index (χ1n) is 8.81. The Morgan fingerprint density at radius 2 is 1.21 bits per heavy atom. The lowest BCUT2D eigenvalue weighted by Gasteiger charge is -2.11. The molecule has 0 bridgehead atoms. The van der Waals surface area contributed by atoms with Gasteiger partial charge in [-0.05, 0) is 24.3 Å². The van der Waals surface area contributed by atoms with Gasteiger partial charge in [-0.15, -0.1) is 9.13 Å². The predicted octanol–water partition coefficient (Wildman–Crippen LogP) is 2.97. The first-order valence-corrected chi connectivity index (χ1v) is 10.4. The Kier molecular flexibility index (Phi) is 3.45. The molecule has 4 aromatic rings. The van der Waals surface area contributed by atoms with E-state index in [1.807, 2.05) is 48.8 Å². The summed E-state index contributed by atoms with van der Waals surface area (Å²) in [5, 5.41) is 1.64. The van der Waals surface area contributed by atoms with Crippen molar-refractivity contribution in [2.75, 3.05) is 0 Å². The standard InChI is InChI=1S/C21H12N2O4S2/c24-11-26-15-7-9-22-19-13(15)5-6-14-16(27-12-25)8-10-23(20(14)19)21(22)28-17-3-1-2-4-18(17)29-21/h1-12H/q+2. The van der Waals surface area contributed by atoms with Crippen LogP contribution in [0.5, 0.6) is 11.5 Å². The second kappa shape index (κ2) is 5.95. The van der Waals surface area contributed by atoms with Gasteiger partial charge in [0, 0.05) is 45.4 Å². The van der Waals surface area contributed by atoms with E-state index < -0.39 is 4.33 Å². The number of nitrogens with zero attached hydrogens (tertiary/aromatic N) is 2. The average molecular weight is 420 g/mol. The van der Waals surface area contributed by atoms with Crippen molar-refractivity contribution in [1.29, 1.82) is 0 Å². The normalized spacial score (nSPS) is 15.2. The minimum atomic E-state index is -0.497. The van der Waals surface area contributed by atoms with Crippen molar-refractivity contribution in [1.82, 2.24) is 0 Å². The van der Waals surface area contributed by atoms with Gasteiger partial charge < -0.3 is 9.47 Å². The smallest absolute Gasteiger partial charge is 0.428 e. The van der Waals surface area contributed by atoms with Crippen LogP contribution in [0.15, 0.2) is 70.7 Å². The van der Waals surface area contributed by atoms with E-state index >= 15 is 0 Å². The highest BCUT2D eigenvalue weighted by atomic mass is 32.2. The number of pyridine rings is 2.